The van der Waals surface area contributed by atoms with Crippen LogP contribution in [-0.2, 0) is 10.8 Å². The lowest BCUT2D eigenvalue weighted by Gasteiger charge is -2.40. The van der Waals surface area contributed by atoms with Crippen molar-refractivity contribution in [2.75, 3.05) is 0 Å². The molecule has 0 amide bonds. The Morgan fingerprint density at radius 2 is 0.897 bits per heavy atom. The molecule has 0 bridgehead atoms. The van der Waals surface area contributed by atoms with E-state index in [0.29, 0.717) is 0 Å². The molecular weight excluding hydrogens is 476 g/mol. The Labute approximate surface area is 244 Å². The van der Waals surface area contributed by atoms with Gasteiger partial charge in [0.1, 0.15) is 0 Å². The van der Waals surface area contributed by atoms with Gasteiger partial charge in [0.25, 0.3) is 0 Å². The van der Waals surface area contributed by atoms with Gasteiger partial charge in [0.15, 0.2) is 6.29 Å². The fourth-order valence-electron chi connectivity index (χ4n) is 6.37. The standard InChI is InChI=1S/C37H68O2/c1-7-9-11-13-15-17-19-21-23-25-29-37(35(38)39,30-26-24-22-20-18-16-14-12-10-8-2)34-31-32(3)27-28-33(34)36(4,5)6/h27-28,31,35,38-39H,7-26,29-30H2,1-6H3. The van der Waals surface area contributed by atoms with Crippen LogP contribution in [0.1, 0.15) is 193 Å². The van der Waals surface area contributed by atoms with Crippen molar-refractivity contribution in [2.45, 2.75) is 200 Å². The molecule has 39 heavy (non-hydrogen) atoms. The molecule has 0 aliphatic rings. The Balaban J connectivity index is 2.80. The molecule has 0 aliphatic heterocycles. The van der Waals surface area contributed by atoms with Crippen molar-refractivity contribution in [1.82, 2.24) is 0 Å². The van der Waals surface area contributed by atoms with Crippen molar-refractivity contribution >= 4 is 0 Å². The van der Waals surface area contributed by atoms with Crippen LogP contribution in [-0.4, -0.2) is 16.5 Å². The molecule has 1 rings (SSSR count). The van der Waals surface area contributed by atoms with Crippen LogP contribution in [0.25, 0.3) is 0 Å². The van der Waals surface area contributed by atoms with Crippen LogP contribution in [0.2, 0.25) is 0 Å². The van der Waals surface area contributed by atoms with E-state index in [0.717, 1.165) is 25.7 Å². The molecule has 0 unspecified atom stereocenters. The second-order valence-corrected chi connectivity index (χ2v) is 13.7. The van der Waals surface area contributed by atoms with Gasteiger partial charge < -0.3 is 10.2 Å². The highest BCUT2D eigenvalue weighted by Gasteiger charge is 2.41. The summed E-state index contributed by atoms with van der Waals surface area (Å²) in [5.41, 5.74) is 3.08. The fourth-order valence-corrected chi connectivity index (χ4v) is 6.37. The quantitative estimate of drug-likeness (QED) is 0.100. The van der Waals surface area contributed by atoms with Gasteiger partial charge in [-0.15, -0.1) is 0 Å². The molecule has 2 heteroatoms. The zero-order chi connectivity index (χ0) is 29.0. The van der Waals surface area contributed by atoms with Gasteiger partial charge >= 0.3 is 0 Å². The Bertz CT molecular complexity index is 691. The van der Waals surface area contributed by atoms with Gasteiger partial charge in [-0.1, -0.05) is 187 Å². The van der Waals surface area contributed by atoms with Crippen molar-refractivity contribution in [3.05, 3.63) is 34.9 Å². The lowest BCUT2D eigenvalue weighted by atomic mass is 9.66. The Morgan fingerprint density at radius 3 is 1.23 bits per heavy atom. The van der Waals surface area contributed by atoms with Crippen molar-refractivity contribution in [2.24, 2.45) is 0 Å². The third kappa shape index (κ3) is 14.6. The molecule has 0 saturated heterocycles. The van der Waals surface area contributed by atoms with Crippen molar-refractivity contribution in [1.29, 1.82) is 0 Å². The Morgan fingerprint density at radius 1 is 0.538 bits per heavy atom. The van der Waals surface area contributed by atoms with Gasteiger partial charge in [-0.2, -0.15) is 0 Å². The molecule has 1 aromatic rings. The van der Waals surface area contributed by atoms with E-state index in [2.05, 4.69) is 59.7 Å². The van der Waals surface area contributed by atoms with E-state index in [-0.39, 0.29) is 5.41 Å². The molecule has 0 saturated carbocycles. The summed E-state index contributed by atoms with van der Waals surface area (Å²) < 4.78 is 0. The molecule has 0 fully saturated rings. The second-order valence-electron chi connectivity index (χ2n) is 13.7. The zero-order valence-electron chi connectivity index (χ0n) is 27.3. The molecular formula is C37H68O2. The topological polar surface area (TPSA) is 40.5 Å². The summed E-state index contributed by atoms with van der Waals surface area (Å²) in [5, 5.41) is 22.1. The first-order valence-electron chi connectivity index (χ1n) is 17.2. The number of aryl methyl sites for hydroxylation is 1. The van der Waals surface area contributed by atoms with E-state index in [9.17, 15) is 10.2 Å². The largest absolute Gasteiger partial charge is 0.367 e. The van der Waals surface area contributed by atoms with E-state index in [1.165, 1.54) is 132 Å². The Hall–Kier alpha value is -0.860. The first-order valence-corrected chi connectivity index (χ1v) is 17.2. The van der Waals surface area contributed by atoms with Crippen molar-refractivity contribution < 1.29 is 10.2 Å². The highest BCUT2D eigenvalue weighted by atomic mass is 16.5. The molecule has 2 nitrogen and oxygen atoms in total. The summed E-state index contributed by atoms with van der Waals surface area (Å²) in [7, 11) is 0. The molecule has 0 heterocycles. The van der Waals surface area contributed by atoms with Crippen molar-refractivity contribution in [3.8, 4) is 0 Å². The maximum absolute atomic E-state index is 11.0. The second kappa shape index (κ2) is 20.9. The predicted molar refractivity (Wildman–Crippen MR) is 173 cm³/mol. The minimum atomic E-state index is -1.32. The van der Waals surface area contributed by atoms with Gasteiger partial charge in [0.05, 0.1) is 0 Å². The van der Waals surface area contributed by atoms with Crippen LogP contribution >= 0.6 is 0 Å². The SMILES string of the molecule is CCCCCCCCCCCCC(CCCCCCCCCCCC)(c1cc(C)ccc1C(C)(C)C)C(O)O. The normalized spacial score (nSPS) is 12.5. The number of aliphatic hydroxyl groups is 2. The van der Waals surface area contributed by atoms with Gasteiger partial charge in [-0.3, -0.25) is 0 Å². The lowest BCUT2D eigenvalue weighted by molar-refractivity contribution is -0.108. The molecule has 0 radical (unpaired) electrons. The fraction of sp³-hybridized carbons (Fsp3) is 0.838. The molecule has 1 aromatic carbocycles. The molecule has 0 atom stereocenters. The summed E-state index contributed by atoms with van der Waals surface area (Å²) in [6.45, 7) is 13.5. The summed E-state index contributed by atoms with van der Waals surface area (Å²) >= 11 is 0. The third-order valence-corrected chi connectivity index (χ3v) is 8.97. The third-order valence-electron chi connectivity index (χ3n) is 8.97. The van der Waals surface area contributed by atoms with Gasteiger partial charge in [0.2, 0.25) is 0 Å². The Kier molecular flexibility index (Phi) is 19.4. The van der Waals surface area contributed by atoms with Crippen LogP contribution in [0.4, 0.5) is 0 Å². The van der Waals surface area contributed by atoms with Crippen molar-refractivity contribution in [3.63, 3.8) is 0 Å². The van der Waals surface area contributed by atoms with E-state index in [4.69, 9.17) is 0 Å². The highest BCUT2D eigenvalue weighted by Crippen LogP contribution is 2.43. The van der Waals surface area contributed by atoms with Crippen LogP contribution in [0.15, 0.2) is 18.2 Å². The number of hydrogen-bond donors (Lipinski definition) is 2. The van der Waals surface area contributed by atoms with E-state index in [1.807, 2.05) is 0 Å². The predicted octanol–water partition coefficient (Wildman–Crippen LogP) is 11.5. The molecule has 0 spiro atoms. The highest BCUT2D eigenvalue weighted by molar-refractivity contribution is 5.42. The van der Waals surface area contributed by atoms with Crippen LogP contribution in [0.3, 0.4) is 0 Å². The smallest absolute Gasteiger partial charge is 0.161 e. The van der Waals surface area contributed by atoms with Gasteiger partial charge in [-0.25, -0.2) is 0 Å². The monoisotopic (exact) mass is 545 g/mol. The lowest BCUT2D eigenvalue weighted by Crippen LogP contribution is -2.41. The first-order chi connectivity index (χ1) is 18.7. The summed E-state index contributed by atoms with van der Waals surface area (Å²) in [6, 6.07) is 6.71. The zero-order valence-corrected chi connectivity index (χ0v) is 27.3. The first kappa shape index (κ1) is 36.2. The molecule has 228 valence electrons. The number of unbranched alkanes of at least 4 members (excludes halogenated alkanes) is 18. The minimum Gasteiger partial charge on any atom is -0.367 e. The van der Waals surface area contributed by atoms with Gasteiger partial charge in [-0.05, 0) is 36.3 Å². The average molecular weight is 545 g/mol. The molecule has 0 aliphatic carbocycles. The average Bonchev–Trinajstić information content (AvgIpc) is 2.88. The number of benzene rings is 1. The molecule has 2 N–H and O–H groups in total. The van der Waals surface area contributed by atoms with E-state index in [1.54, 1.807) is 0 Å². The van der Waals surface area contributed by atoms with E-state index >= 15 is 0 Å². The van der Waals surface area contributed by atoms with Crippen LogP contribution < -0.4 is 0 Å². The van der Waals surface area contributed by atoms with E-state index < -0.39 is 11.7 Å². The van der Waals surface area contributed by atoms with Gasteiger partial charge in [0, 0.05) is 5.41 Å². The number of rotatable bonds is 24. The summed E-state index contributed by atoms with van der Waals surface area (Å²) in [4.78, 5) is 0. The minimum absolute atomic E-state index is 0.0290. The van der Waals surface area contributed by atoms with Crippen LogP contribution in [0.5, 0.6) is 0 Å². The maximum atomic E-state index is 11.0. The number of aliphatic hydroxyl groups excluding tert-OH is 1. The van der Waals surface area contributed by atoms with Crippen LogP contribution in [0, 0.1) is 6.92 Å². The number of hydrogen-bond acceptors (Lipinski definition) is 2. The summed E-state index contributed by atoms with van der Waals surface area (Å²) in [6.07, 6.45) is 26.5. The summed E-state index contributed by atoms with van der Waals surface area (Å²) in [5.74, 6) is 0. The molecule has 0 aromatic heterocycles. The maximum Gasteiger partial charge on any atom is 0.161 e.